The lowest BCUT2D eigenvalue weighted by molar-refractivity contribution is -0.142. The highest BCUT2D eigenvalue weighted by atomic mass is 32.2. The lowest BCUT2D eigenvalue weighted by Crippen LogP contribution is -2.38. The summed E-state index contributed by atoms with van der Waals surface area (Å²) in [7, 11) is -4.34. The van der Waals surface area contributed by atoms with Crippen molar-refractivity contribution in [3.63, 3.8) is 0 Å². The second-order valence-electron chi connectivity index (χ2n) is 5.95. The summed E-state index contributed by atoms with van der Waals surface area (Å²) in [6.45, 7) is 0. The summed E-state index contributed by atoms with van der Waals surface area (Å²) in [6, 6.07) is 0.158. The van der Waals surface area contributed by atoms with E-state index in [1.54, 1.807) is 0 Å². The van der Waals surface area contributed by atoms with Gasteiger partial charge < -0.3 is 5.11 Å². The van der Waals surface area contributed by atoms with Crippen LogP contribution in [0.1, 0.15) is 24.8 Å². The van der Waals surface area contributed by atoms with E-state index in [0.717, 1.165) is 10.4 Å². The molecule has 2 bridgehead atoms. The van der Waals surface area contributed by atoms with E-state index in [-0.39, 0.29) is 12.5 Å². The third-order valence-electron chi connectivity index (χ3n) is 4.61. The second kappa shape index (κ2) is 5.41. The van der Waals surface area contributed by atoms with E-state index >= 15 is 0 Å². The van der Waals surface area contributed by atoms with Gasteiger partial charge in [-0.3, -0.25) is 4.79 Å². The molecule has 0 spiro atoms. The third kappa shape index (κ3) is 2.57. The normalized spacial score (nSPS) is 27.6. The number of carboxylic acids is 1. The van der Waals surface area contributed by atoms with Gasteiger partial charge in [0, 0.05) is 12.1 Å². The quantitative estimate of drug-likeness (QED) is 0.833. The molecule has 0 saturated carbocycles. The van der Waals surface area contributed by atoms with Crippen molar-refractivity contribution in [3.05, 3.63) is 29.6 Å². The van der Waals surface area contributed by atoms with Crippen LogP contribution in [0.15, 0.2) is 23.1 Å². The highest BCUT2D eigenvalue weighted by Gasteiger charge is 2.54. The van der Waals surface area contributed by atoms with Crippen molar-refractivity contribution < 1.29 is 35.9 Å². The molecule has 2 fully saturated rings. The molecule has 3 rings (SSSR count). The van der Waals surface area contributed by atoms with Crippen LogP contribution in [0, 0.1) is 11.7 Å². The minimum atomic E-state index is -5.02. The summed E-state index contributed by atoms with van der Waals surface area (Å²) in [5, 5.41) is 9.16. The van der Waals surface area contributed by atoms with Gasteiger partial charge in [0.15, 0.2) is 0 Å². The Morgan fingerprint density at radius 3 is 2.46 bits per heavy atom. The van der Waals surface area contributed by atoms with Gasteiger partial charge in [-0.2, -0.15) is 17.5 Å². The molecule has 0 radical (unpaired) electrons. The summed E-state index contributed by atoms with van der Waals surface area (Å²) in [5.41, 5.74) is -1.66. The number of carbonyl (C=O) groups is 1. The monoisotopic (exact) mass is 367 g/mol. The number of hydrogen-bond donors (Lipinski definition) is 1. The largest absolute Gasteiger partial charge is 0.481 e. The molecule has 3 atom stereocenters. The van der Waals surface area contributed by atoms with Crippen molar-refractivity contribution in [2.75, 3.05) is 0 Å². The first kappa shape index (κ1) is 17.2. The van der Waals surface area contributed by atoms with E-state index in [9.17, 15) is 30.8 Å². The van der Waals surface area contributed by atoms with Gasteiger partial charge in [0.05, 0.1) is 16.4 Å². The number of nitrogens with zero attached hydrogens (tertiary/aromatic N) is 1. The number of benzene rings is 1. The Labute approximate surface area is 134 Å². The molecule has 132 valence electrons. The Kier molecular flexibility index (Phi) is 3.87. The molecule has 2 heterocycles. The van der Waals surface area contributed by atoms with E-state index < -0.39 is 56.4 Å². The molecule has 1 N–H and O–H groups in total. The van der Waals surface area contributed by atoms with Crippen LogP contribution in [0.2, 0.25) is 0 Å². The van der Waals surface area contributed by atoms with Crippen molar-refractivity contribution in [1.82, 2.24) is 4.31 Å². The molecule has 2 aliphatic heterocycles. The Hall–Kier alpha value is -1.68. The number of rotatable bonds is 3. The molecule has 0 aliphatic carbocycles. The maximum Gasteiger partial charge on any atom is 0.419 e. The van der Waals surface area contributed by atoms with Crippen LogP contribution in [0.4, 0.5) is 17.6 Å². The smallest absolute Gasteiger partial charge is 0.419 e. The molecule has 10 heteroatoms. The van der Waals surface area contributed by atoms with Crippen LogP contribution < -0.4 is 0 Å². The Morgan fingerprint density at radius 1 is 1.25 bits per heavy atom. The van der Waals surface area contributed by atoms with Crippen molar-refractivity contribution in [2.24, 2.45) is 5.92 Å². The summed E-state index contributed by atoms with van der Waals surface area (Å²) in [4.78, 5) is 10.5. The first-order valence-electron chi connectivity index (χ1n) is 7.16. The molecule has 3 unspecified atom stereocenters. The SMILES string of the molecule is O=C(O)C1CC2CCC1N2S(=O)(=O)c1ccc(F)c(C(F)(F)F)c1. The van der Waals surface area contributed by atoms with Gasteiger partial charge in [0.2, 0.25) is 10.0 Å². The molecule has 0 aromatic heterocycles. The summed E-state index contributed by atoms with van der Waals surface area (Å²) in [6.07, 6.45) is -4.09. The van der Waals surface area contributed by atoms with Crippen molar-refractivity contribution >= 4 is 16.0 Å². The van der Waals surface area contributed by atoms with Gasteiger partial charge in [0.25, 0.3) is 0 Å². The molecule has 2 aliphatic rings. The number of alkyl halides is 3. The summed E-state index contributed by atoms with van der Waals surface area (Å²) < 4.78 is 78.1. The van der Waals surface area contributed by atoms with E-state index in [4.69, 9.17) is 5.11 Å². The maximum atomic E-state index is 13.4. The van der Waals surface area contributed by atoms with Gasteiger partial charge in [-0.05, 0) is 37.5 Å². The Balaban J connectivity index is 2.02. The molecule has 0 amide bonds. The van der Waals surface area contributed by atoms with Crippen LogP contribution in [0.5, 0.6) is 0 Å². The van der Waals surface area contributed by atoms with E-state index in [1.807, 2.05) is 0 Å². The van der Waals surface area contributed by atoms with Crippen LogP contribution in [-0.2, 0) is 21.0 Å². The average molecular weight is 367 g/mol. The van der Waals surface area contributed by atoms with Gasteiger partial charge in [-0.1, -0.05) is 0 Å². The fourth-order valence-electron chi connectivity index (χ4n) is 3.58. The van der Waals surface area contributed by atoms with Crippen LogP contribution in [0.25, 0.3) is 0 Å². The standard InChI is InChI=1S/C14H13F4NO4S/c15-11-3-2-8(6-10(11)14(16,17)18)24(22,23)19-7-1-4-12(19)9(5-7)13(20)21/h2-3,6-7,9,12H,1,4-5H2,(H,20,21). The molecule has 24 heavy (non-hydrogen) atoms. The van der Waals surface area contributed by atoms with Crippen molar-refractivity contribution in [2.45, 2.75) is 42.4 Å². The Morgan fingerprint density at radius 2 is 1.92 bits per heavy atom. The number of sulfonamides is 1. The zero-order valence-corrected chi connectivity index (χ0v) is 12.9. The first-order chi connectivity index (χ1) is 11.0. The van der Waals surface area contributed by atoms with E-state index in [2.05, 4.69) is 0 Å². The van der Waals surface area contributed by atoms with Crippen LogP contribution in [0.3, 0.4) is 0 Å². The fraction of sp³-hybridized carbons (Fsp3) is 0.500. The van der Waals surface area contributed by atoms with Crippen LogP contribution >= 0.6 is 0 Å². The first-order valence-corrected chi connectivity index (χ1v) is 8.60. The average Bonchev–Trinajstić information content (AvgIpc) is 3.04. The van der Waals surface area contributed by atoms with Gasteiger partial charge in [-0.15, -0.1) is 0 Å². The van der Waals surface area contributed by atoms with Crippen LogP contribution in [-0.4, -0.2) is 35.9 Å². The number of carboxylic acid groups (broad SMARTS) is 1. The van der Waals surface area contributed by atoms with Crippen molar-refractivity contribution in [1.29, 1.82) is 0 Å². The zero-order chi connectivity index (χ0) is 17.9. The fourth-order valence-corrected chi connectivity index (χ4v) is 5.53. The van der Waals surface area contributed by atoms with Gasteiger partial charge in [-0.25, -0.2) is 12.8 Å². The van der Waals surface area contributed by atoms with Gasteiger partial charge >= 0.3 is 12.1 Å². The topological polar surface area (TPSA) is 74.7 Å². The van der Waals surface area contributed by atoms with E-state index in [1.165, 1.54) is 0 Å². The molecule has 1 aromatic carbocycles. The zero-order valence-electron chi connectivity index (χ0n) is 12.1. The number of fused-ring (bicyclic) bond motifs is 2. The number of halogens is 4. The van der Waals surface area contributed by atoms with Crippen molar-refractivity contribution in [3.8, 4) is 0 Å². The molecule has 1 aromatic rings. The Bertz CT molecular complexity index is 792. The number of aliphatic carboxylic acids is 1. The lowest BCUT2D eigenvalue weighted by Gasteiger charge is -2.23. The van der Waals surface area contributed by atoms with E-state index in [0.29, 0.717) is 18.9 Å². The lowest BCUT2D eigenvalue weighted by atomic mass is 9.89. The summed E-state index contributed by atoms with van der Waals surface area (Å²) in [5.74, 6) is -3.56. The minimum Gasteiger partial charge on any atom is -0.481 e. The predicted octanol–water partition coefficient (Wildman–Crippen LogP) is 2.47. The molecular formula is C14H13F4NO4S. The predicted molar refractivity (Wildman–Crippen MR) is 73.0 cm³/mol. The molecule has 2 saturated heterocycles. The maximum absolute atomic E-state index is 13.4. The molecule has 5 nitrogen and oxygen atoms in total. The third-order valence-corrected chi connectivity index (χ3v) is 6.58. The minimum absolute atomic E-state index is 0.132. The highest BCUT2D eigenvalue weighted by molar-refractivity contribution is 7.89. The highest BCUT2D eigenvalue weighted by Crippen LogP contribution is 2.45. The number of hydrogen-bond acceptors (Lipinski definition) is 3. The summed E-state index contributed by atoms with van der Waals surface area (Å²) >= 11 is 0. The second-order valence-corrected chi connectivity index (χ2v) is 7.80. The van der Waals surface area contributed by atoms with Gasteiger partial charge in [0.1, 0.15) is 5.82 Å². The molecular weight excluding hydrogens is 354 g/mol.